The van der Waals surface area contributed by atoms with E-state index in [1.165, 1.54) is 12.0 Å². The number of amides is 1. The van der Waals surface area contributed by atoms with Crippen LogP contribution in [0.2, 0.25) is 0 Å². The first kappa shape index (κ1) is 19.8. The van der Waals surface area contributed by atoms with E-state index in [-0.39, 0.29) is 11.9 Å². The molecule has 1 aliphatic rings. The molecule has 1 amide bonds. The fourth-order valence-electron chi connectivity index (χ4n) is 4.66. The van der Waals surface area contributed by atoms with Gasteiger partial charge in [-0.15, -0.1) is 0 Å². The Balaban J connectivity index is 1.25. The van der Waals surface area contributed by atoms with Crippen LogP contribution in [0.25, 0.3) is 22.1 Å². The van der Waals surface area contributed by atoms with Crippen LogP contribution in [-0.2, 0) is 6.54 Å². The third-order valence-corrected chi connectivity index (χ3v) is 6.27. The van der Waals surface area contributed by atoms with E-state index in [0.717, 1.165) is 54.4 Å². The predicted octanol–water partition coefficient (Wildman–Crippen LogP) is 4.27. The molecule has 1 saturated carbocycles. The first-order chi connectivity index (χ1) is 15.2. The quantitative estimate of drug-likeness (QED) is 0.489. The third-order valence-electron chi connectivity index (χ3n) is 6.27. The number of carbonyl (C=O) groups is 1. The Bertz CT molecular complexity index is 1160. The summed E-state index contributed by atoms with van der Waals surface area (Å²) in [6, 6.07) is 14.5. The summed E-state index contributed by atoms with van der Waals surface area (Å²) in [5.74, 6) is 0.415. The molecule has 0 radical (unpaired) electrons. The van der Waals surface area contributed by atoms with Crippen molar-refractivity contribution in [3.63, 3.8) is 0 Å². The molecule has 4 aromatic rings. The number of hydrogen-bond acceptors (Lipinski definition) is 5. The van der Waals surface area contributed by atoms with Crippen LogP contribution in [0.3, 0.4) is 0 Å². The highest BCUT2D eigenvalue weighted by Crippen LogP contribution is 2.25. The molecule has 0 bridgehead atoms. The number of rotatable bonds is 6. The Morgan fingerprint density at radius 1 is 1.23 bits per heavy atom. The van der Waals surface area contributed by atoms with Crippen molar-refractivity contribution in [3.8, 4) is 0 Å². The van der Waals surface area contributed by atoms with Gasteiger partial charge in [0.15, 0.2) is 17.8 Å². The lowest BCUT2D eigenvalue weighted by atomic mass is 9.89. The van der Waals surface area contributed by atoms with Crippen molar-refractivity contribution in [2.75, 3.05) is 6.54 Å². The Kier molecular flexibility index (Phi) is 5.42. The van der Waals surface area contributed by atoms with Gasteiger partial charge in [-0.3, -0.25) is 4.79 Å². The lowest BCUT2D eigenvalue weighted by molar-refractivity contribution is 0.0617. The zero-order valence-corrected chi connectivity index (χ0v) is 17.7. The Labute approximate surface area is 180 Å². The van der Waals surface area contributed by atoms with E-state index in [1.807, 2.05) is 48.2 Å². The van der Waals surface area contributed by atoms with Crippen molar-refractivity contribution in [1.82, 2.24) is 25.2 Å². The maximum absolute atomic E-state index is 13.2. The zero-order valence-electron chi connectivity index (χ0n) is 17.7. The van der Waals surface area contributed by atoms with Crippen molar-refractivity contribution in [2.24, 2.45) is 0 Å². The summed E-state index contributed by atoms with van der Waals surface area (Å²) in [7, 11) is 0. The molecule has 5 rings (SSSR count). The van der Waals surface area contributed by atoms with Crippen molar-refractivity contribution in [1.29, 1.82) is 0 Å². The van der Waals surface area contributed by atoms with E-state index in [1.54, 1.807) is 0 Å². The fourth-order valence-corrected chi connectivity index (χ4v) is 4.66. The van der Waals surface area contributed by atoms with Crippen LogP contribution in [0, 0.1) is 0 Å². The normalized spacial score (nSPS) is 19.1. The van der Waals surface area contributed by atoms with Gasteiger partial charge in [0.1, 0.15) is 5.52 Å². The van der Waals surface area contributed by atoms with Gasteiger partial charge in [-0.2, -0.15) is 0 Å². The van der Waals surface area contributed by atoms with Gasteiger partial charge in [-0.25, -0.2) is 9.97 Å². The summed E-state index contributed by atoms with van der Waals surface area (Å²) in [6.45, 7) is 3.50. The number of aromatic nitrogens is 3. The molecule has 7 nitrogen and oxygen atoms in total. The number of nitrogens with one attached hydrogen (secondary N) is 2. The monoisotopic (exact) mass is 417 g/mol. The fraction of sp³-hybridized carbons (Fsp3) is 0.375. The summed E-state index contributed by atoms with van der Waals surface area (Å²) in [5.41, 5.74) is 4.60. The van der Waals surface area contributed by atoms with Gasteiger partial charge < -0.3 is 19.6 Å². The SMILES string of the molecule is CCN(C(=O)c1nc2ccccc2[nH]1)C1CCCC(NCc2ccc3ncoc3c2)C1. The lowest BCUT2D eigenvalue weighted by Crippen LogP contribution is -2.47. The molecular weight excluding hydrogens is 390 g/mol. The standard InChI is InChI=1S/C24H27N5O2/c1-2-29(24(30)23-27-19-8-3-4-9-20(19)28-23)18-7-5-6-17(13-18)25-14-16-10-11-21-22(12-16)31-15-26-21/h3-4,8-12,15,17-18,25H,2,5-7,13-14H2,1H3,(H,27,28). The van der Waals surface area contributed by atoms with Gasteiger partial charge in [0.25, 0.3) is 5.91 Å². The largest absolute Gasteiger partial charge is 0.443 e. The van der Waals surface area contributed by atoms with Crippen LogP contribution in [-0.4, -0.2) is 44.4 Å². The first-order valence-electron chi connectivity index (χ1n) is 11.0. The molecule has 2 unspecified atom stereocenters. The van der Waals surface area contributed by atoms with Gasteiger partial charge in [0.2, 0.25) is 0 Å². The molecule has 2 N–H and O–H groups in total. The number of hydrogen-bond donors (Lipinski definition) is 2. The summed E-state index contributed by atoms with van der Waals surface area (Å²) in [6.07, 6.45) is 5.68. The molecule has 0 aliphatic heterocycles. The van der Waals surface area contributed by atoms with Crippen molar-refractivity contribution >= 4 is 28.0 Å². The summed E-state index contributed by atoms with van der Waals surface area (Å²) in [4.78, 5) is 27.1. The summed E-state index contributed by atoms with van der Waals surface area (Å²) >= 11 is 0. The second-order valence-corrected chi connectivity index (χ2v) is 8.25. The van der Waals surface area contributed by atoms with Gasteiger partial charge in [-0.05, 0) is 62.4 Å². The molecular formula is C24H27N5O2. The highest BCUT2D eigenvalue weighted by atomic mass is 16.3. The topological polar surface area (TPSA) is 87.0 Å². The molecule has 2 atom stereocenters. The maximum atomic E-state index is 13.2. The van der Waals surface area contributed by atoms with Gasteiger partial charge in [0, 0.05) is 25.2 Å². The van der Waals surface area contributed by atoms with Crippen molar-refractivity contribution in [2.45, 2.75) is 51.2 Å². The number of benzene rings is 2. The number of imidazole rings is 1. The number of H-pyrrole nitrogens is 1. The molecule has 31 heavy (non-hydrogen) atoms. The smallest absolute Gasteiger partial charge is 0.289 e. The van der Waals surface area contributed by atoms with Crippen LogP contribution < -0.4 is 5.32 Å². The molecule has 1 aliphatic carbocycles. The van der Waals surface area contributed by atoms with Gasteiger partial charge in [-0.1, -0.05) is 18.2 Å². The van der Waals surface area contributed by atoms with Crippen LogP contribution in [0.5, 0.6) is 0 Å². The van der Waals surface area contributed by atoms with Gasteiger partial charge in [0.05, 0.1) is 11.0 Å². The third kappa shape index (κ3) is 4.05. The number of fused-ring (bicyclic) bond motifs is 2. The van der Waals surface area contributed by atoms with E-state index in [9.17, 15) is 4.79 Å². The molecule has 2 aromatic carbocycles. The lowest BCUT2D eigenvalue weighted by Gasteiger charge is -2.37. The van der Waals surface area contributed by atoms with E-state index in [0.29, 0.717) is 18.4 Å². The van der Waals surface area contributed by atoms with Gasteiger partial charge >= 0.3 is 0 Å². The van der Waals surface area contributed by atoms with Crippen LogP contribution in [0.15, 0.2) is 53.3 Å². The molecule has 160 valence electrons. The first-order valence-corrected chi connectivity index (χ1v) is 11.0. The summed E-state index contributed by atoms with van der Waals surface area (Å²) in [5, 5.41) is 3.68. The predicted molar refractivity (Wildman–Crippen MR) is 120 cm³/mol. The highest BCUT2D eigenvalue weighted by Gasteiger charge is 2.30. The van der Waals surface area contributed by atoms with Crippen LogP contribution in [0.1, 0.15) is 48.8 Å². The molecule has 2 aromatic heterocycles. The number of aromatic amines is 1. The second kappa shape index (κ2) is 8.51. The van der Waals surface area contributed by atoms with E-state index >= 15 is 0 Å². The van der Waals surface area contributed by atoms with E-state index in [4.69, 9.17) is 4.42 Å². The maximum Gasteiger partial charge on any atom is 0.289 e. The number of carbonyl (C=O) groups excluding carboxylic acids is 1. The van der Waals surface area contributed by atoms with Crippen molar-refractivity contribution < 1.29 is 9.21 Å². The Morgan fingerprint density at radius 2 is 2.13 bits per heavy atom. The number of nitrogens with zero attached hydrogens (tertiary/aromatic N) is 3. The Hall–Kier alpha value is -3.19. The summed E-state index contributed by atoms with van der Waals surface area (Å²) < 4.78 is 5.41. The van der Waals surface area contributed by atoms with Crippen LogP contribution in [0.4, 0.5) is 0 Å². The minimum atomic E-state index is -0.0138. The molecule has 0 spiro atoms. The number of para-hydroxylation sites is 2. The molecule has 0 saturated heterocycles. The molecule has 7 heteroatoms. The number of oxazole rings is 1. The molecule has 2 heterocycles. The zero-order chi connectivity index (χ0) is 21.2. The van der Waals surface area contributed by atoms with E-state index in [2.05, 4.69) is 26.3 Å². The Morgan fingerprint density at radius 3 is 3.00 bits per heavy atom. The van der Waals surface area contributed by atoms with E-state index < -0.39 is 0 Å². The second-order valence-electron chi connectivity index (χ2n) is 8.25. The highest BCUT2D eigenvalue weighted by molar-refractivity contribution is 5.94. The van der Waals surface area contributed by atoms with Crippen LogP contribution >= 0.6 is 0 Å². The minimum absolute atomic E-state index is 0.0138. The average Bonchev–Trinajstić information content (AvgIpc) is 3.45. The minimum Gasteiger partial charge on any atom is -0.443 e. The van der Waals surface area contributed by atoms with Crippen molar-refractivity contribution in [3.05, 3.63) is 60.2 Å². The average molecular weight is 418 g/mol. The molecule has 1 fully saturated rings.